The Balaban J connectivity index is 1.81. The van der Waals surface area contributed by atoms with Crippen LogP contribution in [-0.4, -0.2) is 10.2 Å². The lowest BCUT2D eigenvalue weighted by atomic mass is 9.88. The number of nitrogens with zero attached hydrogens (tertiary/aromatic N) is 1. The Hall–Kier alpha value is -1.32. The minimum absolute atomic E-state index is 0.133. The minimum Gasteiger partial charge on any atom is -0.323 e. The normalized spacial score (nSPS) is 22.5. The van der Waals surface area contributed by atoms with Crippen molar-refractivity contribution >= 4 is 11.8 Å². The molecule has 1 aromatic heterocycles. The van der Waals surface area contributed by atoms with Crippen molar-refractivity contribution in [3.63, 3.8) is 0 Å². The Kier molecular flexibility index (Phi) is 3.35. The molecule has 0 amide bonds. The van der Waals surface area contributed by atoms with E-state index in [4.69, 9.17) is 5.73 Å². The van der Waals surface area contributed by atoms with Gasteiger partial charge >= 0.3 is 0 Å². The molecule has 0 spiro atoms. The third kappa shape index (κ3) is 2.28. The van der Waals surface area contributed by atoms with Gasteiger partial charge in [-0.2, -0.15) is 0 Å². The van der Waals surface area contributed by atoms with Gasteiger partial charge in [0.2, 0.25) is 0 Å². The van der Waals surface area contributed by atoms with Gasteiger partial charge in [-0.25, -0.2) is 0 Å². The van der Waals surface area contributed by atoms with E-state index in [1.807, 2.05) is 24.2 Å². The highest BCUT2D eigenvalue weighted by atomic mass is 32.2. The lowest BCUT2D eigenvalue weighted by molar-refractivity contribution is 0.587. The summed E-state index contributed by atoms with van der Waals surface area (Å²) in [6, 6.07) is 12.8. The number of thioether (sulfide) groups is 1. The molecule has 0 saturated heterocycles. The predicted molar refractivity (Wildman–Crippen MR) is 75.6 cm³/mol. The molecule has 1 aliphatic rings. The Morgan fingerprint density at radius 1 is 1.11 bits per heavy atom. The Morgan fingerprint density at radius 3 is 2.72 bits per heavy atom. The van der Waals surface area contributed by atoms with Gasteiger partial charge in [-0.15, -0.1) is 11.8 Å². The molecule has 0 aliphatic heterocycles. The van der Waals surface area contributed by atoms with Crippen LogP contribution >= 0.6 is 11.8 Å². The molecule has 3 rings (SSSR count). The summed E-state index contributed by atoms with van der Waals surface area (Å²) in [6.45, 7) is 0. The van der Waals surface area contributed by atoms with Crippen LogP contribution in [0, 0.1) is 0 Å². The van der Waals surface area contributed by atoms with Gasteiger partial charge in [-0.3, -0.25) is 4.98 Å². The summed E-state index contributed by atoms with van der Waals surface area (Å²) in [5.41, 5.74) is 9.13. The van der Waals surface area contributed by atoms with E-state index >= 15 is 0 Å². The molecule has 2 aromatic rings. The second-order valence-electron chi connectivity index (χ2n) is 4.60. The maximum atomic E-state index is 6.40. The first-order valence-corrected chi connectivity index (χ1v) is 7.12. The van der Waals surface area contributed by atoms with E-state index in [-0.39, 0.29) is 6.04 Å². The van der Waals surface area contributed by atoms with E-state index in [0.717, 1.165) is 12.8 Å². The Morgan fingerprint density at radius 2 is 1.89 bits per heavy atom. The van der Waals surface area contributed by atoms with Gasteiger partial charge in [0, 0.05) is 28.6 Å². The van der Waals surface area contributed by atoms with Crippen LogP contribution < -0.4 is 5.73 Å². The van der Waals surface area contributed by atoms with Crippen LogP contribution in [0.2, 0.25) is 0 Å². The number of rotatable bonds is 2. The zero-order valence-corrected chi connectivity index (χ0v) is 10.9. The average molecular weight is 256 g/mol. The Labute approximate surface area is 112 Å². The summed E-state index contributed by atoms with van der Waals surface area (Å²) >= 11 is 1.87. The molecule has 18 heavy (non-hydrogen) atoms. The van der Waals surface area contributed by atoms with Crippen LogP contribution in [0.25, 0.3) is 0 Å². The maximum absolute atomic E-state index is 6.40. The van der Waals surface area contributed by atoms with E-state index in [2.05, 4.69) is 41.4 Å². The van der Waals surface area contributed by atoms with Gasteiger partial charge < -0.3 is 5.73 Å². The summed E-state index contributed by atoms with van der Waals surface area (Å²) < 4.78 is 0. The van der Waals surface area contributed by atoms with E-state index < -0.39 is 0 Å². The van der Waals surface area contributed by atoms with Crippen LogP contribution in [0.1, 0.15) is 23.6 Å². The highest BCUT2D eigenvalue weighted by Gasteiger charge is 2.26. The molecule has 0 saturated carbocycles. The number of fused-ring (bicyclic) bond motifs is 1. The SMILES string of the molecule is NC1c2ccccc2CCC1Sc1ccncc1. The first-order valence-electron chi connectivity index (χ1n) is 6.24. The number of pyridine rings is 1. The molecule has 0 radical (unpaired) electrons. The fraction of sp³-hybridized carbons (Fsp3) is 0.267. The number of nitrogens with two attached hydrogens (primary N) is 1. The third-order valence-corrected chi connectivity index (χ3v) is 4.83. The number of hydrogen-bond acceptors (Lipinski definition) is 3. The number of aromatic nitrogens is 1. The molecule has 92 valence electrons. The average Bonchev–Trinajstić information content (AvgIpc) is 2.43. The van der Waals surface area contributed by atoms with E-state index in [9.17, 15) is 0 Å². The predicted octanol–water partition coefficient (Wildman–Crippen LogP) is 3.19. The third-order valence-electron chi connectivity index (χ3n) is 3.45. The van der Waals surface area contributed by atoms with Crippen LogP contribution in [0.15, 0.2) is 53.7 Å². The summed E-state index contributed by atoms with van der Waals surface area (Å²) in [4.78, 5) is 5.30. The first kappa shape index (κ1) is 11.8. The Bertz CT molecular complexity index is 527. The molecule has 2 nitrogen and oxygen atoms in total. The highest BCUT2D eigenvalue weighted by molar-refractivity contribution is 8.00. The molecule has 0 bridgehead atoms. The quantitative estimate of drug-likeness (QED) is 0.897. The van der Waals surface area contributed by atoms with Crippen molar-refractivity contribution in [1.29, 1.82) is 0 Å². The molecule has 2 atom stereocenters. The molecule has 2 N–H and O–H groups in total. The van der Waals surface area contributed by atoms with E-state index in [0.29, 0.717) is 5.25 Å². The van der Waals surface area contributed by atoms with Gasteiger partial charge in [-0.1, -0.05) is 24.3 Å². The largest absolute Gasteiger partial charge is 0.323 e. The topological polar surface area (TPSA) is 38.9 Å². The molecule has 1 heterocycles. The number of aryl methyl sites for hydroxylation is 1. The van der Waals surface area contributed by atoms with Gasteiger partial charge in [0.1, 0.15) is 0 Å². The van der Waals surface area contributed by atoms with Crippen LogP contribution in [0.3, 0.4) is 0 Å². The second kappa shape index (κ2) is 5.12. The van der Waals surface area contributed by atoms with Crippen molar-refractivity contribution in [2.75, 3.05) is 0 Å². The van der Waals surface area contributed by atoms with Crippen molar-refractivity contribution in [1.82, 2.24) is 4.98 Å². The van der Waals surface area contributed by atoms with Gasteiger partial charge in [0.25, 0.3) is 0 Å². The maximum Gasteiger partial charge on any atom is 0.0421 e. The zero-order valence-electron chi connectivity index (χ0n) is 10.1. The van der Waals surface area contributed by atoms with Crippen molar-refractivity contribution in [2.45, 2.75) is 29.0 Å². The first-order chi connectivity index (χ1) is 8.84. The second-order valence-corrected chi connectivity index (χ2v) is 5.92. The number of benzene rings is 1. The molecule has 3 heteroatoms. The molecular formula is C15H16N2S. The fourth-order valence-electron chi connectivity index (χ4n) is 2.49. The molecule has 1 aromatic carbocycles. The molecule has 2 unspecified atom stereocenters. The van der Waals surface area contributed by atoms with Crippen molar-refractivity contribution in [3.8, 4) is 0 Å². The smallest absolute Gasteiger partial charge is 0.0421 e. The summed E-state index contributed by atoms with van der Waals surface area (Å²) in [5, 5.41) is 0.460. The van der Waals surface area contributed by atoms with E-state index in [1.165, 1.54) is 16.0 Å². The van der Waals surface area contributed by atoms with E-state index in [1.54, 1.807) is 0 Å². The van der Waals surface area contributed by atoms with Gasteiger partial charge in [0.05, 0.1) is 0 Å². The summed E-state index contributed by atoms with van der Waals surface area (Å²) in [5.74, 6) is 0. The molecule has 1 aliphatic carbocycles. The monoisotopic (exact) mass is 256 g/mol. The zero-order chi connectivity index (χ0) is 12.4. The van der Waals surface area contributed by atoms with Crippen molar-refractivity contribution < 1.29 is 0 Å². The van der Waals surface area contributed by atoms with Crippen LogP contribution in [-0.2, 0) is 6.42 Å². The lowest BCUT2D eigenvalue weighted by Gasteiger charge is -2.30. The summed E-state index contributed by atoms with van der Waals surface area (Å²) in [6.07, 6.45) is 5.95. The van der Waals surface area contributed by atoms with Gasteiger partial charge in [0.15, 0.2) is 0 Å². The standard InChI is InChI=1S/C15H16N2S/c16-15-13-4-2-1-3-11(13)5-6-14(15)18-12-7-9-17-10-8-12/h1-4,7-10,14-15H,5-6,16H2. The van der Waals surface area contributed by atoms with Crippen molar-refractivity contribution in [3.05, 3.63) is 59.9 Å². The highest BCUT2D eigenvalue weighted by Crippen LogP contribution is 2.38. The fourth-order valence-corrected chi connectivity index (χ4v) is 3.65. The minimum atomic E-state index is 0.133. The van der Waals surface area contributed by atoms with Gasteiger partial charge in [-0.05, 0) is 36.1 Å². The number of hydrogen-bond donors (Lipinski definition) is 1. The molecule has 0 fully saturated rings. The van der Waals surface area contributed by atoms with Crippen LogP contribution in [0.4, 0.5) is 0 Å². The van der Waals surface area contributed by atoms with Crippen LogP contribution in [0.5, 0.6) is 0 Å². The lowest BCUT2D eigenvalue weighted by Crippen LogP contribution is -2.29. The van der Waals surface area contributed by atoms with Crippen molar-refractivity contribution in [2.24, 2.45) is 5.73 Å². The molecular weight excluding hydrogens is 240 g/mol. The summed E-state index contributed by atoms with van der Waals surface area (Å²) in [7, 11) is 0.